The van der Waals surface area contributed by atoms with Gasteiger partial charge in [-0.05, 0) is 38.1 Å². The highest BCUT2D eigenvalue weighted by atomic mass is 32.2. The van der Waals surface area contributed by atoms with Crippen LogP contribution < -0.4 is 5.32 Å². The average molecular weight is 350 g/mol. The van der Waals surface area contributed by atoms with Crippen molar-refractivity contribution in [1.29, 1.82) is 0 Å². The van der Waals surface area contributed by atoms with Gasteiger partial charge in [0.2, 0.25) is 0 Å². The minimum Gasteiger partial charge on any atom is -0.464 e. The lowest BCUT2D eigenvalue weighted by Crippen LogP contribution is -2.17. The maximum Gasteiger partial charge on any atom is 0.310 e. The lowest BCUT2D eigenvalue weighted by Gasteiger charge is -2.11. The molecule has 0 spiro atoms. The van der Waals surface area contributed by atoms with E-state index in [0.29, 0.717) is 12.4 Å². The summed E-state index contributed by atoms with van der Waals surface area (Å²) in [4.78, 5) is 15.7. The van der Waals surface area contributed by atoms with Gasteiger partial charge in [0.15, 0.2) is 5.82 Å². The molecule has 1 fully saturated rings. The predicted octanol–water partition coefficient (Wildman–Crippen LogP) is 3.46. The molecule has 0 saturated carbocycles. The number of likely N-dealkylation sites (tertiary alicyclic amines) is 1. The number of thioether (sulfide) groups is 1. The second-order valence-corrected chi connectivity index (χ2v) is 6.93. The molecule has 7 nitrogen and oxygen atoms in total. The molecule has 1 aliphatic heterocycles. The van der Waals surface area contributed by atoms with Gasteiger partial charge in [-0.1, -0.05) is 0 Å². The van der Waals surface area contributed by atoms with Crippen LogP contribution in [0.4, 0.5) is 11.5 Å². The van der Waals surface area contributed by atoms with Gasteiger partial charge in [-0.3, -0.25) is 15.0 Å². The predicted molar refractivity (Wildman–Crippen MR) is 95.3 cm³/mol. The molecule has 0 atom stereocenters. The molecule has 0 amide bonds. The van der Waals surface area contributed by atoms with E-state index in [2.05, 4.69) is 21.3 Å². The van der Waals surface area contributed by atoms with Gasteiger partial charge in [0, 0.05) is 24.6 Å². The number of hydrogen-bond acceptors (Lipinski definition) is 6. The Kier molecular flexibility index (Phi) is 5.81. The highest BCUT2D eigenvalue weighted by Gasteiger charge is 2.14. The summed E-state index contributed by atoms with van der Waals surface area (Å²) in [5.74, 6) is 4.14. The largest absolute Gasteiger partial charge is 0.464 e. The van der Waals surface area contributed by atoms with Gasteiger partial charge in [-0.25, -0.2) is 0 Å². The molecule has 3 heterocycles. The first-order valence-corrected chi connectivity index (χ1v) is 9.31. The van der Waals surface area contributed by atoms with E-state index in [1.807, 2.05) is 6.07 Å². The standard InChI is InChI=1S/C16H22N4O3S/c21-20(22)15-5-6-17-16(15)18-7-10-24-12-14-4-3-13(23-14)11-19-8-1-2-9-19/h3-6,17-18H,1-2,7-12H2. The van der Waals surface area contributed by atoms with E-state index in [9.17, 15) is 10.1 Å². The van der Waals surface area contributed by atoms with Crippen molar-refractivity contribution in [2.75, 3.05) is 30.7 Å². The summed E-state index contributed by atoms with van der Waals surface area (Å²) >= 11 is 1.74. The Morgan fingerprint density at radius 1 is 1.29 bits per heavy atom. The van der Waals surface area contributed by atoms with Crippen molar-refractivity contribution in [3.05, 3.63) is 46.0 Å². The van der Waals surface area contributed by atoms with E-state index < -0.39 is 4.92 Å². The average Bonchev–Trinajstić information content (AvgIpc) is 3.29. The summed E-state index contributed by atoms with van der Waals surface area (Å²) < 4.78 is 5.87. The first-order valence-electron chi connectivity index (χ1n) is 8.16. The number of aromatic nitrogens is 1. The first kappa shape index (κ1) is 16.9. The van der Waals surface area contributed by atoms with Crippen LogP contribution >= 0.6 is 11.8 Å². The lowest BCUT2D eigenvalue weighted by molar-refractivity contribution is -0.383. The van der Waals surface area contributed by atoms with Crippen molar-refractivity contribution in [3.8, 4) is 0 Å². The number of nitro groups is 1. The van der Waals surface area contributed by atoms with Crippen molar-refractivity contribution < 1.29 is 9.34 Å². The van der Waals surface area contributed by atoms with Gasteiger partial charge in [0.1, 0.15) is 11.5 Å². The molecule has 0 bridgehead atoms. The summed E-state index contributed by atoms with van der Waals surface area (Å²) in [6.07, 6.45) is 4.14. The number of aromatic amines is 1. The summed E-state index contributed by atoms with van der Waals surface area (Å²) in [6, 6.07) is 5.57. The van der Waals surface area contributed by atoms with E-state index in [0.717, 1.165) is 29.6 Å². The van der Waals surface area contributed by atoms with E-state index >= 15 is 0 Å². The Morgan fingerprint density at radius 2 is 2.08 bits per heavy atom. The zero-order chi connectivity index (χ0) is 16.8. The van der Waals surface area contributed by atoms with Gasteiger partial charge in [-0.2, -0.15) is 11.8 Å². The number of furan rings is 1. The Bertz CT molecular complexity index is 664. The molecule has 0 unspecified atom stereocenters. The van der Waals surface area contributed by atoms with Gasteiger partial charge >= 0.3 is 5.69 Å². The normalized spacial score (nSPS) is 15.0. The number of H-pyrrole nitrogens is 1. The van der Waals surface area contributed by atoms with Crippen LogP contribution in [-0.2, 0) is 12.3 Å². The Balaban J connectivity index is 1.35. The fraction of sp³-hybridized carbons (Fsp3) is 0.500. The zero-order valence-corrected chi connectivity index (χ0v) is 14.3. The molecule has 0 radical (unpaired) electrons. The molecule has 24 heavy (non-hydrogen) atoms. The van der Waals surface area contributed by atoms with E-state index in [1.54, 1.807) is 18.0 Å². The lowest BCUT2D eigenvalue weighted by atomic mass is 10.4. The molecule has 3 rings (SSSR count). The third kappa shape index (κ3) is 4.55. The van der Waals surface area contributed by atoms with Gasteiger partial charge in [0.25, 0.3) is 0 Å². The van der Waals surface area contributed by atoms with E-state index in [-0.39, 0.29) is 5.69 Å². The quantitative estimate of drug-likeness (QED) is 0.409. The maximum atomic E-state index is 10.8. The van der Waals surface area contributed by atoms with Crippen molar-refractivity contribution in [2.45, 2.75) is 25.1 Å². The number of hydrogen-bond donors (Lipinski definition) is 2. The molecule has 1 aliphatic rings. The third-order valence-corrected chi connectivity index (χ3v) is 4.99. The first-order chi connectivity index (χ1) is 11.7. The van der Waals surface area contributed by atoms with Crippen molar-refractivity contribution in [3.63, 3.8) is 0 Å². The van der Waals surface area contributed by atoms with Crippen LogP contribution in [0.2, 0.25) is 0 Å². The zero-order valence-electron chi connectivity index (χ0n) is 13.5. The summed E-state index contributed by atoms with van der Waals surface area (Å²) in [7, 11) is 0. The monoisotopic (exact) mass is 350 g/mol. The topological polar surface area (TPSA) is 87.3 Å². The molecule has 2 N–H and O–H groups in total. The van der Waals surface area contributed by atoms with Crippen molar-refractivity contribution in [2.24, 2.45) is 0 Å². The van der Waals surface area contributed by atoms with E-state index in [4.69, 9.17) is 4.42 Å². The minimum atomic E-state index is -0.392. The van der Waals surface area contributed by atoms with Crippen LogP contribution in [0.3, 0.4) is 0 Å². The van der Waals surface area contributed by atoms with Crippen molar-refractivity contribution in [1.82, 2.24) is 9.88 Å². The summed E-state index contributed by atoms with van der Waals surface area (Å²) in [5.41, 5.74) is 0.0811. The molecular formula is C16H22N4O3S. The molecule has 8 heteroatoms. The summed E-state index contributed by atoms with van der Waals surface area (Å²) in [5, 5.41) is 13.9. The van der Waals surface area contributed by atoms with Crippen LogP contribution in [0.25, 0.3) is 0 Å². The second kappa shape index (κ2) is 8.25. The Morgan fingerprint density at radius 3 is 2.88 bits per heavy atom. The highest BCUT2D eigenvalue weighted by molar-refractivity contribution is 7.98. The SMILES string of the molecule is O=[N+]([O-])c1cc[nH]c1NCCSCc1ccc(CN2CCCC2)o1. The van der Waals surface area contributed by atoms with Crippen LogP contribution in [0.1, 0.15) is 24.4 Å². The molecular weight excluding hydrogens is 328 g/mol. The van der Waals surface area contributed by atoms with Gasteiger partial charge < -0.3 is 14.7 Å². The summed E-state index contributed by atoms with van der Waals surface area (Å²) in [6.45, 7) is 3.90. The molecule has 130 valence electrons. The Labute approximate surface area is 144 Å². The Hall–Kier alpha value is -1.93. The van der Waals surface area contributed by atoms with Crippen LogP contribution in [0.15, 0.2) is 28.8 Å². The number of nitrogens with one attached hydrogen (secondary N) is 2. The number of nitrogens with zero attached hydrogens (tertiary/aromatic N) is 2. The minimum absolute atomic E-state index is 0.0811. The second-order valence-electron chi connectivity index (χ2n) is 5.83. The van der Waals surface area contributed by atoms with Crippen LogP contribution in [0.5, 0.6) is 0 Å². The van der Waals surface area contributed by atoms with Crippen LogP contribution in [0, 0.1) is 10.1 Å². The molecule has 0 aromatic carbocycles. The van der Waals surface area contributed by atoms with Gasteiger partial charge in [0.05, 0.1) is 17.2 Å². The van der Waals surface area contributed by atoms with E-state index in [1.165, 1.54) is 32.0 Å². The van der Waals surface area contributed by atoms with Crippen molar-refractivity contribution >= 4 is 23.3 Å². The van der Waals surface area contributed by atoms with Gasteiger partial charge in [-0.15, -0.1) is 0 Å². The number of rotatable bonds is 9. The fourth-order valence-corrected chi connectivity index (χ4v) is 3.57. The molecule has 1 saturated heterocycles. The fourth-order valence-electron chi connectivity index (χ4n) is 2.82. The molecule has 0 aliphatic carbocycles. The molecule has 2 aromatic rings. The number of anilines is 1. The maximum absolute atomic E-state index is 10.8. The third-order valence-electron chi connectivity index (χ3n) is 4.01. The smallest absolute Gasteiger partial charge is 0.310 e. The van der Waals surface area contributed by atoms with Crippen LogP contribution in [-0.4, -0.2) is 40.2 Å². The molecule has 2 aromatic heterocycles. The highest BCUT2D eigenvalue weighted by Crippen LogP contribution is 2.22.